The summed E-state index contributed by atoms with van der Waals surface area (Å²) in [5.41, 5.74) is 2.24. The van der Waals surface area contributed by atoms with Crippen molar-refractivity contribution < 1.29 is 19.4 Å². The van der Waals surface area contributed by atoms with Crippen molar-refractivity contribution in [1.29, 1.82) is 0 Å². The zero-order valence-corrected chi connectivity index (χ0v) is 11.3. The topological polar surface area (TPSA) is 66.8 Å². The second kappa shape index (κ2) is 4.57. The molecule has 1 amide bonds. The molecular formula is C14H17NO4. The summed E-state index contributed by atoms with van der Waals surface area (Å²) in [5.74, 6) is -1.04. The number of rotatable bonds is 3. The van der Waals surface area contributed by atoms with Gasteiger partial charge in [0.15, 0.2) is 5.60 Å². The molecule has 1 saturated heterocycles. The van der Waals surface area contributed by atoms with Crippen LogP contribution in [0.15, 0.2) is 18.2 Å². The Bertz CT molecular complexity index is 540. The van der Waals surface area contributed by atoms with Crippen LogP contribution in [0.5, 0.6) is 0 Å². The molecule has 102 valence electrons. The van der Waals surface area contributed by atoms with Crippen LogP contribution in [0.1, 0.15) is 23.6 Å². The molecule has 1 unspecified atom stereocenters. The summed E-state index contributed by atoms with van der Waals surface area (Å²) >= 11 is 0. The summed E-state index contributed by atoms with van der Waals surface area (Å²) in [4.78, 5) is 23.7. The molecule has 5 nitrogen and oxygen atoms in total. The molecule has 5 heteroatoms. The van der Waals surface area contributed by atoms with E-state index in [2.05, 4.69) is 0 Å². The molecule has 1 heterocycles. The van der Waals surface area contributed by atoms with Crippen LogP contribution < -0.4 is 0 Å². The first-order valence-corrected chi connectivity index (χ1v) is 6.09. The molecule has 1 aromatic rings. The van der Waals surface area contributed by atoms with E-state index in [1.165, 1.54) is 4.90 Å². The third-order valence-electron chi connectivity index (χ3n) is 3.35. The van der Waals surface area contributed by atoms with E-state index >= 15 is 0 Å². The van der Waals surface area contributed by atoms with E-state index in [1.807, 2.05) is 39.0 Å². The van der Waals surface area contributed by atoms with Crippen LogP contribution in [0.2, 0.25) is 0 Å². The molecular weight excluding hydrogens is 246 g/mol. The van der Waals surface area contributed by atoms with Gasteiger partial charge in [-0.25, -0.2) is 4.79 Å². The molecule has 1 aliphatic rings. The van der Waals surface area contributed by atoms with Crippen LogP contribution in [0.4, 0.5) is 4.79 Å². The molecule has 0 aliphatic carbocycles. The smallest absolute Gasteiger partial charge is 0.411 e. The molecule has 0 spiro atoms. The second-order valence-electron chi connectivity index (χ2n) is 5.17. The van der Waals surface area contributed by atoms with Crippen molar-refractivity contribution in [3.8, 4) is 0 Å². The SMILES string of the molecule is Cc1ccc(C)c(C2(C)CN(CC(=O)O)C(=O)O2)c1. The van der Waals surface area contributed by atoms with Crippen molar-refractivity contribution >= 4 is 12.1 Å². The molecule has 0 aromatic heterocycles. The minimum Gasteiger partial charge on any atom is -0.480 e. The van der Waals surface area contributed by atoms with Crippen LogP contribution in [-0.2, 0) is 15.1 Å². The number of hydrogen-bond donors (Lipinski definition) is 1. The number of hydrogen-bond acceptors (Lipinski definition) is 3. The van der Waals surface area contributed by atoms with Crippen LogP contribution >= 0.6 is 0 Å². The highest BCUT2D eigenvalue weighted by molar-refractivity contribution is 5.78. The van der Waals surface area contributed by atoms with Gasteiger partial charge in [0, 0.05) is 5.56 Å². The Labute approximate surface area is 111 Å². The van der Waals surface area contributed by atoms with Gasteiger partial charge in [-0.15, -0.1) is 0 Å². The van der Waals surface area contributed by atoms with Crippen molar-refractivity contribution in [3.63, 3.8) is 0 Å². The molecule has 19 heavy (non-hydrogen) atoms. The molecule has 1 N–H and O–H groups in total. The first kappa shape index (κ1) is 13.4. The van der Waals surface area contributed by atoms with E-state index in [0.717, 1.165) is 16.7 Å². The maximum Gasteiger partial charge on any atom is 0.411 e. The number of carbonyl (C=O) groups is 2. The van der Waals surface area contributed by atoms with Crippen molar-refractivity contribution in [2.24, 2.45) is 0 Å². The van der Waals surface area contributed by atoms with E-state index in [9.17, 15) is 9.59 Å². The summed E-state index contributed by atoms with van der Waals surface area (Å²) in [6.07, 6.45) is -0.578. The van der Waals surface area contributed by atoms with Gasteiger partial charge in [-0.2, -0.15) is 0 Å². The Morgan fingerprint density at radius 3 is 2.79 bits per heavy atom. The Balaban J connectivity index is 2.32. The highest BCUT2D eigenvalue weighted by atomic mass is 16.6. The standard InChI is InChI=1S/C14H17NO4/c1-9-4-5-10(2)11(6-9)14(3)8-15(7-12(16)17)13(18)19-14/h4-6H,7-8H2,1-3H3,(H,16,17). The molecule has 1 aromatic carbocycles. The quantitative estimate of drug-likeness (QED) is 0.906. The van der Waals surface area contributed by atoms with Crippen LogP contribution in [0.25, 0.3) is 0 Å². The number of cyclic esters (lactones) is 1. The van der Waals surface area contributed by atoms with Crippen molar-refractivity contribution in [3.05, 3.63) is 34.9 Å². The van der Waals surface area contributed by atoms with E-state index in [0.29, 0.717) is 0 Å². The predicted molar refractivity (Wildman–Crippen MR) is 69.0 cm³/mol. The Kier molecular flexibility index (Phi) is 3.22. The summed E-state index contributed by atoms with van der Waals surface area (Å²) in [6.45, 7) is 5.65. The van der Waals surface area contributed by atoms with Crippen molar-refractivity contribution in [2.75, 3.05) is 13.1 Å². The van der Waals surface area contributed by atoms with E-state index in [1.54, 1.807) is 0 Å². The fourth-order valence-corrected chi connectivity index (χ4v) is 2.45. The van der Waals surface area contributed by atoms with Crippen LogP contribution in [-0.4, -0.2) is 35.2 Å². The number of carboxylic acid groups (broad SMARTS) is 1. The van der Waals surface area contributed by atoms with Gasteiger partial charge in [0.25, 0.3) is 0 Å². The average molecular weight is 263 g/mol. The van der Waals surface area contributed by atoms with Gasteiger partial charge in [-0.05, 0) is 26.3 Å². The molecule has 1 fully saturated rings. The van der Waals surface area contributed by atoms with E-state index < -0.39 is 17.7 Å². The summed E-state index contributed by atoms with van der Waals surface area (Å²) in [6, 6.07) is 5.95. The van der Waals surface area contributed by atoms with Crippen LogP contribution in [0, 0.1) is 13.8 Å². The summed E-state index contributed by atoms with van der Waals surface area (Å²) in [5, 5.41) is 8.78. The minimum absolute atomic E-state index is 0.252. The van der Waals surface area contributed by atoms with Gasteiger partial charge in [0.05, 0.1) is 6.54 Å². The van der Waals surface area contributed by atoms with Gasteiger partial charge in [-0.3, -0.25) is 9.69 Å². The maximum absolute atomic E-state index is 11.7. The fourth-order valence-electron chi connectivity index (χ4n) is 2.45. The number of ether oxygens (including phenoxy) is 1. The monoisotopic (exact) mass is 263 g/mol. The normalized spacial score (nSPS) is 22.5. The molecule has 1 atom stereocenters. The lowest BCUT2D eigenvalue weighted by Crippen LogP contribution is -2.33. The third kappa shape index (κ3) is 2.54. The van der Waals surface area contributed by atoms with E-state index in [4.69, 9.17) is 9.84 Å². The third-order valence-corrected chi connectivity index (χ3v) is 3.35. The highest BCUT2D eigenvalue weighted by Crippen LogP contribution is 2.35. The maximum atomic E-state index is 11.7. The number of nitrogens with zero attached hydrogens (tertiary/aromatic N) is 1. The molecule has 1 aliphatic heterocycles. The minimum atomic E-state index is -1.04. The largest absolute Gasteiger partial charge is 0.480 e. The van der Waals surface area contributed by atoms with Gasteiger partial charge in [0.2, 0.25) is 0 Å². The Morgan fingerprint density at radius 1 is 1.47 bits per heavy atom. The molecule has 0 radical (unpaired) electrons. The van der Waals surface area contributed by atoms with Gasteiger partial charge >= 0.3 is 12.1 Å². The average Bonchev–Trinajstić information content (AvgIpc) is 2.57. The van der Waals surface area contributed by atoms with Gasteiger partial charge in [0.1, 0.15) is 6.54 Å². The second-order valence-corrected chi connectivity index (χ2v) is 5.17. The summed E-state index contributed by atoms with van der Waals surface area (Å²) < 4.78 is 5.41. The first-order valence-electron chi connectivity index (χ1n) is 6.09. The number of aliphatic carboxylic acids is 1. The Hall–Kier alpha value is -2.04. The fraction of sp³-hybridized carbons (Fsp3) is 0.429. The zero-order valence-electron chi connectivity index (χ0n) is 11.3. The lowest BCUT2D eigenvalue weighted by atomic mass is 9.90. The molecule has 0 saturated carbocycles. The Morgan fingerprint density at radius 2 is 2.16 bits per heavy atom. The number of carboxylic acids is 1. The van der Waals surface area contributed by atoms with Gasteiger partial charge < -0.3 is 9.84 Å². The predicted octanol–water partition coefficient (Wildman–Crippen LogP) is 2.06. The van der Waals surface area contributed by atoms with Gasteiger partial charge in [-0.1, -0.05) is 23.8 Å². The molecule has 0 bridgehead atoms. The zero-order chi connectivity index (χ0) is 14.2. The number of amides is 1. The van der Waals surface area contributed by atoms with Crippen LogP contribution in [0.3, 0.4) is 0 Å². The number of benzene rings is 1. The number of aryl methyl sites for hydroxylation is 2. The summed E-state index contributed by atoms with van der Waals surface area (Å²) in [7, 11) is 0. The lowest BCUT2D eigenvalue weighted by molar-refractivity contribution is -0.137. The highest BCUT2D eigenvalue weighted by Gasteiger charge is 2.44. The molecule has 2 rings (SSSR count). The first-order chi connectivity index (χ1) is 8.82. The van der Waals surface area contributed by atoms with E-state index in [-0.39, 0.29) is 13.1 Å². The lowest BCUT2D eigenvalue weighted by Gasteiger charge is -2.24. The number of carbonyl (C=O) groups excluding carboxylic acids is 1. The van der Waals surface area contributed by atoms with Crippen molar-refractivity contribution in [2.45, 2.75) is 26.4 Å². The van der Waals surface area contributed by atoms with Crippen molar-refractivity contribution in [1.82, 2.24) is 4.90 Å².